The van der Waals surface area contributed by atoms with Gasteiger partial charge in [-0.3, -0.25) is 0 Å². The summed E-state index contributed by atoms with van der Waals surface area (Å²) in [6, 6.07) is 0. The molecule has 0 saturated heterocycles. The van der Waals surface area contributed by atoms with Crippen LogP contribution in [0.15, 0.2) is 0 Å². The fraction of sp³-hybridized carbons (Fsp3) is 0.882. The smallest absolute Gasteiger partial charge is 0.550 e. The van der Waals surface area contributed by atoms with E-state index in [2.05, 4.69) is 48.5 Å². The second-order valence-electron chi connectivity index (χ2n) is 7.18. The van der Waals surface area contributed by atoms with Gasteiger partial charge in [-0.15, -0.1) is 0 Å². The molecule has 0 bridgehead atoms. The van der Waals surface area contributed by atoms with Crippen LogP contribution in [0, 0.1) is 0 Å². The van der Waals surface area contributed by atoms with Crippen molar-refractivity contribution in [3.63, 3.8) is 0 Å². The quantitative estimate of drug-likeness (QED) is 0.382. The SMILES string of the molecule is CC(=O)[O-].CC(=O)[O-].CCCCCP(C(C)(C)C)C(C)(C)C.[Pd+2]. The summed E-state index contributed by atoms with van der Waals surface area (Å²) >= 11 is 0. The third kappa shape index (κ3) is 30.5. The summed E-state index contributed by atoms with van der Waals surface area (Å²) < 4.78 is 0. The molecule has 142 valence electrons. The van der Waals surface area contributed by atoms with E-state index in [1.807, 2.05) is 0 Å². The van der Waals surface area contributed by atoms with Crippen LogP contribution in [-0.2, 0) is 30.0 Å². The Morgan fingerprint density at radius 2 is 1.09 bits per heavy atom. The van der Waals surface area contributed by atoms with Crippen molar-refractivity contribution in [1.29, 1.82) is 0 Å². The van der Waals surface area contributed by atoms with Gasteiger partial charge in [0, 0.05) is 11.9 Å². The third-order valence-electron chi connectivity index (χ3n) is 2.60. The molecule has 6 heteroatoms. The van der Waals surface area contributed by atoms with E-state index in [4.69, 9.17) is 19.8 Å². The van der Waals surface area contributed by atoms with Gasteiger partial charge < -0.3 is 19.8 Å². The molecule has 0 aromatic carbocycles. The van der Waals surface area contributed by atoms with E-state index in [1.54, 1.807) is 0 Å². The van der Waals surface area contributed by atoms with Crippen molar-refractivity contribution in [1.82, 2.24) is 0 Å². The van der Waals surface area contributed by atoms with E-state index < -0.39 is 11.9 Å². The molecule has 0 heterocycles. The normalized spacial score (nSPS) is 10.5. The molecule has 0 unspecified atom stereocenters. The van der Waals surface area contributed by atoms with E-state index in [0.29, 0.717) is 10.3 Å². The Labute approximate surface area is 158 Å². The van der Waals surface area contributed by atoms with E-state index in [-0.39, 0.29) is 28.3 Å². The van der Waals surface area contributed by atoms with Crippen LogP contribution in [0.5, 0.6) is 0 Å². The molecular formula is C17H35O4PPd. The largest absolute Gasteiger partial charge is 2.00 e. The summed E-state index contributed by atoms with van der Waals surface area (Å²) in [5, 5.41) is 18.8. The van der Waals surface area contributed by atoms with Crippen molar-refractivity contribution < 1.29 is 40.2 Å². The molecule has 0 spiro atoms. The number of carboxylic acid groups (broad SMARTS) is 2. The fourth-order valence-corrected chi connectivity index (χ4v) is 6.09. The van der Waals surface area contributed by atoms with Crippen molar-refractivity contribution in [2.75, 3.05) is 6.16 Å². The first-order valence-electron chi connectivity index (χ1n) is 7.79. The Balaban J connectivity index is -0.000000167. The number of carboxylic acids is 2. The van der Waals surface area contributed by atoms with Gasteiger partial charge in [0.15, 0.2) is 0 Å². The first-order valence-corrected chi connectivity index (χ1v) is 9.31. The molecule has 0 radical (unpaired) electrons. The van der Waals surface area contributed by atoms with Gasteiger partial charge in [-0.2, -0.15) is 0 Å². The maximum absolute atomic E-state index is 8.89. The zero-order valence-corrected chi connectivity index (χ0v) is 18.7. The average molecular weight is 441 g/mol. The number of rotatable bonds is 4. The first kappa shape index (κ1) is 30.9. The summed E-state index contributed by atoms with van der Waals surface area (Å²) in [7, 11) is 0.146. The predicted molar refractivity (Wildman–Crippen MR) is 92.2 cm³/mol. The molecule has 0 aliphatic carbocycles. The van der Waals surface area contributed by atoms with Gasteiger partial charge in [0.05, 0.1) is 0 Å². The second-order valence-corrected chi connectivity index (χ2v) is 11.2. The van der Waals surface area contributed by atoms with Gasteiger partial charge in [0.2, 0.25) is 0 Å². The summed E-state index contributed by atoms with van der Waals surface area (Å²) in [5.41, 5.74) is 0. The van der Waals surface area contributed by atoms with E-state index in [1.165, 1.54) is 25.4 Å². The predicted octanol–water partition coefficient (Wildman–Crippen LogP) is 2.77. The van der Waals surface area contributed by atoms with Gasteiger partial charge in [0.1, 0.15) is 0 Å². The fourth-order valence-electron chi connectivity index (χ4n) is 2.20. The molecule has 0 aliphatic rings. The maximum Gasteiger partial charge on any atom is 2.00 e. The van der Waals surface area contributed by atoms with Gasteiger partial charge >= 0.3 is 20.4 Å². The molecule has 23 heavy (non-hydrogen) atoms. The molecule has 0 amide bonds. The zero-order valence-electron chi connectivity index (χ0n) is 16.2. The van der Waals surface area contributed by atoms with Gasteiger partial charge in [-0.05, 0) is 36.7 Å². The van der Waals surface area contributed by atoms with Crippen molar-refractivity contribution >= 4 is 19.9 Å². The van der Waals surface area contributed by atoms with Crippen LogP contribution in [0.2, 0.25) is 0 Å². The van der Waals surface area contributed by atoms with Crippen LogP contribution in [0.4, 0.5) is 0 Å². The molecule has 0 rings (SSSR count). The monoisotopic (exact) mass is 440 g/mol. The minimum atomic E-state index is -1.08. The minimum Gasteiger partial charge on any atom is -0.550 e. The van der Waals surface area contributed by atoms with Crippen LogP contribution in [-0.4, -0.2) is 28.4 Å². The van der Waals surface area contributed by atoms with Gasteiger partial charge in [-0.1, -0.05) is 69.2 Å². The van der Waals surface area contributed by atoms with E-state index >= 15 is 0 Å². The number of hydrogen-bond donors (Lipinski definition) is 0. The topological polar surface area (TPSA) is 80.3 Å². The number of aliphatic carboxylic acids is 2. The number of hydrogen-bond acceptors (Lipinski definition) is 4. The Bertz CT molecular complexity index is 273. The molecule has 0 saturated carbocycles. The van der Waals surface area contributed by atoms with Gasteiger partial charge in [0.25, 0.3) is 0 Å². The van der Waals surface area contributed by atoms with E-state index in [0.717, 1.165) is 13.8 Å². The summed E-state index contributed by atoms with van der Waals surface area (Å²) in [4.78, 5) is 17.8. The molecule has 4 nitrogen and oxygen atoms in total. The van der Waals surface area contributed by atoms with Crippen LogP contribution >= 0.6 is 7.92 Å². The third-order valence-corrected chi connectivity index (χ3v) is 6.61. The Morgan fingerprint density at radius 3 is 1.26 bits per heavy atom. The summed E-state index contributed by atoms with van der Waals surface area (Å²) in [6.07, 6.45) is 5.63. The minimum absolute atomic E-state index is 0. The van der Waals surface area contributed by atoms with Crippen molar-refractivity contribution in [3.05, 3.63) is 0 Å². The molecule has 0 aliphatic heterocycles. The van der Waals surface area contributed by atoms with Crippen LogP contribution in [0.3, 0.4) is 0 Å². The molecule has 0 aromatic heterocycles. The summed E-state index contributed by atoms with van der Waals surface area (Å²) in [5.74, 6) is -2.17. The van der Waals surface area contributed by atoms with Crippen molar-refractivity contribution in [2.45, 2.75) is 91.9 Å². The first-order chi connectivity index (χ1) is 9.66. The van der Waals surface area contributed by atoms with Crippen molar-refractivity contribution in [2.24, 2.45) is 0 Å². The van der Waals surface area contributed by atoms with E-state index in [9.17, 15) is 0 Å². The maximum atomic E-state index is 8.89. The molecule has 0 N–H and O–H groups in total. The van der Waals surface area contributed by atoms with Crippen molar-refractivity contribution in [3.8, 4) is 0 Å². The molecular weight excluding hydrogens is 406 g/mol. The standard InChI is InChI=1S/C13H29P.2C2H4O2.Pd/c1-8-9-10-11-14(12(2,3)4)13(5,6)7;2*1-2(3)4;/h8-11H2,1-7H3;2*1H3,(H,3,4);/q;;;+2/p-2. The number of unbranched alkanes of at least 4 members (excludes halogenated alkanes) is 2. The second kappa shape index (κ2) is 15.6. The Kier molecular flexibility index (Phi) is 20.9. The van der Waals surface area contributed by atoms with Crippen LogP contribution < -0.4 is 10.2 Å². The average Bonchev–Trinajstić information content (AvgIpc) is 2.18. The Hall–Kier alpha value is 0.0323. The number of carbonyl (C=O) groups excluding carboxylic acids is 2. The summed E-state index contributed by atoms with van der Waals surface area (Å²) in [6.45, 7) is 18.7. The zero-order chi connectivity index (χ0) is 18.6. The van der Waals surface area contributed by atoms with Crippen LogP contribution in [0.25, 0.3) is 0 Å². The number of carbonyl (C=O) groups is 2. The van der Waals surface area contributed by atoms with Crippen LogP contribution in [0.1, 0.15) is 81.6 Å². The molecule has 0 fully saturated rings. The Morgan fingerprint density at radius 1 is 0.826 bits per heavy atom. The molecule has 0 atom stereocenters. The van der Waals surface area contributed by atoms with Gasteiger partial charge in [-0.25, -0.2) is 0 Å². The molecule has 0 aromatic rings.